The number of hydrogen-bond acceptors (Lipinski definition) is 2. The molecule has 6 rings (SSSR count). The lowest BCUT2D eigenvalue weighted by molar-refractivity contribution is 1.18. The third kappa shape index (κ3) is 3.32. The van der Waals surface area contributed by atoms with Crippen LogP contribution in [-0.2, 0) is 0 Å². The van der Waals surface area contributed by atoms with E-state index in [0.717, 1.165) is 33.9 Å². The van der Waals surface area contributed by atoms with Crippen molar-refractivity contribution in [2.45, 2.75) is 0 Å². The zero-order chi connectivity index (χ0) is 21.3. The molecule has 0 radical (unpaired) electrons. The average Bonchev–Trinajstić information content (AvgIpc) is 2.89. The maximum absolute atomic E-state index is 4.96. The molecule has 1 heterocycles. The lowest BCUT2D eigenvalue weighted by atomic mass is 9.99. The fourth-order valence-corrected chi connectivity index (χ4v) is 4.24. The molecule has 0 saturated heterocycles. The molecular formula is C30H20N2. The standard InChI is InChI=1S/C30H20N2/c1-3-10-22(11-4-1)28-20-29(23-12-5-2-6-13-23)32-30(31-28)25-17-18-27-24(19-25)16-15-21-9-7-8-14-26(21)27/h1-20H. The summed E-state index contributed by atoms with van der Waals surface area (Å²) in [4.78, 5) is 9.91. The number of rotatable bonds is 3. The van der Waals surface area contributed by atoms with Gasteiger partial charge in [-0.2, -0.15) is 0 Å². The Kier molecular flexibility index (Phi) is 4.47. The van der Waals surface area contributed by atoms with Crippen molar-refractivity contribution in [3.8, 4) is 33.9 Å². The van der Waals surface area contributed by atoms with Crippen LogP contribution < -0.4 is 0 Å². The van der Waals surface area contributed by atoms with Crippen molar-refractivity contribution in [3.63, 3.8) is 0 Å². The molecule has 0 N–H and O–H groups in total. The van der Waals surface area contributed by atoms with Crippen LogP contribution in [0.5, 0.6) is 0 Å². The Morgan fingerprint density at radius 2 is 0.938 bits per heavy atom. The van der Waals surface area contributed by atoms with Gasteiger partial charge in [-0.1, -0.05) is 109 Å². The topological polar surface area (TPSA) is 25.8 Å². The Morgan fingerprint density at radius 1 is 0.375 bits per heavy atom. The number of fused-ring (bicyclic) bond motifs is 3. The van der Waals surface area contributed by atoms with Crippen molar-refractivity contribution >= 4 is 21.5 Å². The van der Waals surface area contributed by atoms with E-state index in [9.17, 15) is 0 Å². The van der Waals surface area contributed by atoms with Gasteiger partial charge in [-0.3, -0.25) is 0 Å². The van der Waals surface area contributed by atoms with Crippen LogP contribution in [0.15, 0.2) is 121 Å². The molecule has 2 nitrogen and oxygen atoms in total. The molecule has 0 aliphatic heterocycles. The van der Waals surface area contributed by atoms with Gasteiger partial charge < -0.3 is 0 Å². The Morgan fingerprint density at radius 3 is 1.62 bits per heavy atom. The summed E-state index contributed by atoms with van der Waals surface area (Å²) in [7, 11) is 0. The molecule has 0 saturated carbocycles. The van der Waals surface area contributed by atoms with Gasteiger partial charge in [0.25, 0.3) is 0 Å². The third-order valence-electron chi connectivity index (χ3n) is 5.87. The molecule has 0 aliphatic rings. The molecule has 1 aromatic heterocycles. The number of aromatic nitrogens is 2. The summed E-state index contributed by atoms with van der Waals surface area (Å²) in [5, 5.41) is 4.95. The summed E-state index contributed by atoms with van der Waals surface area (Å²) >= 11 is 0. The van der Waals surface area contributed by atoms with Gasteiger partial charge in [-0.25, -0.2) is 9.97 Å². The van der Waals surface area contributed by atoms with Gasteiger partial charge >= 0.3 is 0 Å². The molecule has 0 bridgehead atoms. The van der Waals surface area contributed by atoms with Crippen LogP contribution in [0.4, 0.5) is 0 Å². The van der Waals surface area contributed by atoms with Crippen LogP contribution in [0.2, 0.25) is 0 Å². The summed E-state index contributed by atoms with van der Waals surface area (Å²) < 4.78 is 0. The second-order valence-electron chi connectivity index (χ2n) is 7.92. The second kappa shape index (κ2) is 7.75. The van der Waals surface area contributed by atoms with Crippen molar-refractivity contribution < 1.29 is 0 Å². The molecule has 150 valence electrons. The quantitative estimate of drug-likeness (QED) is 0.279. The first-order valence-corrected chi connectivity index (χ1v) is 10.8. The largest absolute Gasteiger partial charge is 0.228 e. The van der Waals surface area contributed by atoms with Crippen LogP contribution in [0.1, 0.15) is 0 Å². The molecule has 0 unspecified atom stereocenters. The van der Waals surface area contributed by atoms with Crippen molar-refractivity contribution in [2.24, 2.45) is 0 Å². The lowest BCUT2D eigenvalue weighted by Gasteiger charge is -2.10. The van der Waals surface area contributed by atoms with Crippen LogP contribution in [0.3, 0.4) is 0 Å². The summed E-state index contributed by atoms with van der Waals surface area (Å²) in [5.74, 6) is 0.736. The molecule has 2 heteroatoms. The van der Waals surface area contributed by atoms with Crippen LogP contribution in [0.25, 0.3) is 55.4 Å². The predicted molar refractivity (Wildman–Crippen MR) is 133 cm³/mol. The van der Waals surface area contributed by atoms with Gasteiger partial charge in [-0.05, 0) is 33.7 Å². The number of hydrogen-bond donors (Lipinski definition) is 0. The van der Waals surface area contributed by atoms with Gasteiger partial charge in [0.2, 0.25) is 0 Å². The maximum atomic E-state index is 4.96. The minimum Gasteiger partial charge on any atom is -0.228 e. The van der Waals surface area contributed by atoms with Crippen molar-refractivity contribution in [1.82, 2.24) is 9.97 Å². The van der Waals surface area contributed by atoms with E-state index in [1.807, 2.05) is 36.4 Å². The van der Waals surface area contributed by atoms with Crippen LogP contribution >= 0.6 is 0 Å². The van der Waals surface area contributed by atoms with E-state index in [1.54, 1.807) is 0 Å². The smallest absolute Gasteiger partial charge is 0.160 e. The zero-order valence-corrected chi connectivity index (χ0v) is 17.4. The second-order valence-corrected chi connectivity index (χ2v) is 7.92. The highest BCUT2D eigenvalue weighted by Crippen LogP contribution is 2.31. The highest BCUT2D eigenvalue weighted by atomic mass is 14.9. The van der Waals surface area contributed by atoms with E-state index in [4.69, 9.17) is 9.97 Å². The van der Waals surface area contributed by atoms with E-state index < -0.39 is 0 Å². The summed E-state index contributed by atoms with van der Waals surface area (Å²) in [5.41, 5.74) is 5.03. The van der Waals surface area contributed by atoms with Gasteiger partial charge in [0, 0.05) is 16.7 Å². The monoisotopic (exact) mass is 408 g/mol. The Labute approximate surface area is 186 Å². The Hall–Kier alpha value is -4.30. The molecule has 5 aromatic carbocycles. The van der Waals surface area contributed by atoms with E-state index in [1.165, 1.54) is 21.5 Å². The molecule has 0 spiro atoms. The van der Waals surface area contributed by atoms with Crippen molar-refractivity contribution in [2.75, 3.05) is 0 Å². The van der Waals surface area contributed by atoms with E-state index in [2.05, 4.69) is 84.9 Å². The molecule has 32 heavy (non-hydrogen) atoms. The average molecular weight is 409 g/mol. The molecule has 0 atom stereocenters. The summed E-state index contributed by atoms with van der Waals surface area (Å²) in [6.07, 6.45) is 0. The van der Waals surface area contributed by atoms with Gasteiger partial charge in [0.05, 0.1) is 11.4 Å². The minimum absolute atomic E-state index is 0.736. The Balaban J connectivity index is 1.55. The molecule has 0 amide bonds. The summed E-state index contributed by atoms with van der Waals surface area (Å²) in [6.45, 7) is 0. The fraction of sp³-hybridized carbons (Fsp3) is 0. The third-order valence-corrected chi connectivity index (χ3v) is 5.87. The number of nitrogens with zero attached hydrogens (tertiary/aromatic N) is 2. The molecule has 0 aliphatic carbocycles. The minimum atomic E-state index is 0.736. The molecular weight excluding hydrogens is 388 g/mol. The van der Waals surface area contributed by atoms with Crippen molar-refractivity contribution in [1.29, 1.82) is 0 Å². The predicted octanol–water partition coefficient (Wildman–Crippen LogP) is 7.78. The maximum Gasteiger partial charge on any atom is 0.160 e. The first-order valence-electron chi connectivity index (χ1n) is 10.8. The van der Waals surface area contributed by atoms with E-state index in [-0.39, 0.29) is 0 Å². The first-order chi connectivity index (χ1) is 15.8. The van der Waals surface area contributed by atoms with Crippen molar-refractivity contribution in [3.05, 3.63) is 121 Å². The van der Waals surface area contributed by atoms with Crippen LogP contribution in [-0.4, -0.2) is 9.97 Å². The molecule has 6 aromatic rings. The summed E-state index contributed by atoms with van der Waals surface area (Å²) in [6, 6.07) is 42.0. The lowest BCUT2D eigenvalue weighted by Crippen LogP contribution is -1.96. The van der Waals surface area contributed by atoms with Gasteiger partial charge in [0.1, 0.15) is 0 Å². The fourth-order valence-electron chi connectivity index (χ4n) is 4.24. The molecule has 0 fully saturated rings. The normalized spacial score (nSPS) is 11.1. The van der Waals surface area contributed by atoms with E-state index in [0.29, 0.717) is 0 Å². The zero-order valence-electron chi connectivity index (χ0n) is 17.4. The highest BCUT2D eigenvalue weighted by Gasteiger charge is 2.11. The number of benzene rings is 5. The van der Waals surface area contributed by atoms with Crippen LogP contribution in [0, 0.1) is 0 Å². The van der Waals surface area contributed by atoms with Gasteiger partial charge in [-0.15, -0.1) is 0 Å². The highest BCUT2D eigenvalue weighted by molar-refractivity contribution is 6.08. The Bertz CT molecular complexity index is 1500. The first kappa shape index (κ1) is 18.5. The SMILES string of the molecule is c1ccc(-c2cc(-c3ccccc3)nc(-c3ccc4c(ccc5ccccc54)c3)n2)cc1. The van der Waals surface area contributed by atoms with Gasteiger partial charge in [0.15, 0.2) is 5.82 Å². The van der Waals surface area contributed by atoms with E-state index >= 15 is 0 Å².